The highest BCUT2D eigenvalue weighted by Gasteiger charge is 2.16. The standard InChI is InChI=1S/C14H15FN2O2/c1-3-7-17-8-6-16-14(17)13(18)10-4-5-12(19-2)11(15)9-10/h4-6,8-9H,3,7H2,1-2H3. The van der Waals surface area contributed by atoms with E-state index in [4.69, 9.17) is 4.74 Å². The zero-order chi connectivity index (χ0) is 13.8. The van der Waals surface area contributed by atoms with Gasteiger partial charge in [-0.3, -0.25) is 4.79 Å². The molecule has 0 fully saturated rings. The van der Waals surface area contributed by atoms with Crippen molar-refractivity contribution in [3.63, 3.8) is 0 Å². The normalized spacial score (nSPS) is 10.5. The predicted molar refractivity (Wildman–Crippen MR) is 68.9 cm³/mol. The molecule has 0 bridgehead atoms. The molecule has 2 aromatic rings. The number of nitrogens with zero attached hydrogens (tertiary/aromatic N) is 2. The van der Waals surface area contributed by atoms with Crippen LogP contribution < -0.4 is 4.74 Å². The van der Waals surface area contributed by atoms with Gasteiger partial charge >= 0.3 is 0 Å². The molecule has 100 valence electrons. The molecule has 4 nitrogen and oxygen atoms in total. The highest BCUT2D eigenvalue weighted by atomic mass is 19.1. The summed E-state index contributed by atoms with van der Waals surface area (Å²) in [5, 5.41) is 0. The maximum Gasteiger partial charge on any atom is 0.228 e. The van der Waals surface area contributed by atoms with E-state index >= 15 is 0 Å². The van der Waals surface area contributed by atoms with Gasteiger partial charge in [-0.15, -0.1) is 0 Å². The second-order valence-corrected chi connectivity index (χ2v) is 4.12. The predicted octanol–water partition coefficient (Wildman–Crippen LogP) is 2.67. The highest BCUT2D eigenvalue weighted by Crippen LogP contribution is 2.19. The van der Waals surface area contributed by atoms with Crippen molar-refractivity contribution in [2.45, 2.75) is 19.9 Å². The van der Waals surface area contributed by atoms with Gasteiger partial charge in [0.05, 0.1) is 7.11 Å². The van der Waals surface area contributed by atoms with Crippen LogP contribution in [-0.4, -0.2) is 22.4 Å². The number of ether oxygens (including phenoxy) is 1. The number of halogens is 1. The second-order valence-electron chi connectivity index (χ2n) is 4.12. The summed E-state index contributed by atoms with van der Waals surface area (Å²) in [5.41, 5.74) is 0.266. The fourth-order valence-electron chi connectivity index (χ4n) is 1.88. The fraction of sp³-hybridized carbons (Fsp3) is 0.286. The van der Waals surface area contributed by atoms with Gasteiger partial charge in [-0.1, -0.05) is 6.92 Å². The molecular formula is C14H15FN2O2. The summed E-state index contributed by atoms with van der Waals surface area (Å²) in [7, 11) is 1.38. The first-order valence-corrected chi connectivity index (χ1v) is 6.06. The van der Waals surface area contributed by atoms with Crippen molar-refractivity contribution in [3.8, 4) is 5.75 Å². The van der Waals surface area contributed by atoms with Crippen LogP contribution >= 0.6 is 0 Å². The van der Waals surface area contributed by atoms with Crippen molar-refractivity contribution in [2.75, 3.05) is 7.11 Å². The van der Waals surface area contributed by atoms with E-state index in [0.29, 0.717) is 12.4 Å². The van der Waals surface area contributed by atoms with Crippen LogP contribution in [0.4, 0.5) is 4.39 Å². The van der Waals surface area contributed by atoms with Crippen LogP contribution in [0.15, 0.2) is 30.6 Å². The van der Waals surface area contributed by atoms with Crippen molar-refractivity contribution >= 4 is 5.78 Å². The van der Waals surface area contributed by atoms with Crippen LogP contribution in [0.1, 0.15) is 29.5 Å². The van der Waals surface area contributed by atoms with E-state index < -0.39 is 5.82 Å². The van der Waals surface area contributed by atoms with Gasteiger partial charge in [0.15, 0.2) is 17.4 Å². The number of aryl methyl sites for hydroxylation is 1. The van der Waals surface area contributed by atoms with E-state index in [2.05, 4.69) is 4.98 Å². The topological polar surface area (TPSA) is 44.1 Å². The number of imidazole rings is 1. The van der Waals surface area contributed by atoms with Crippen LogP contribution in [0, 0.1) is 5.82 Å². The number of carbonyl (C=O) groups is 1. The average Bonchev–Trinajstić information content (AvgIpc) is 2.86. The Hall–Kier alpha value is -2.17. The molecule has 0 spiro atoms. The summed E-state index contributed by atoms with van der Waals surface area (Å²) >= 11 is 0. The molecule has 0 unspecified atom stereocenters. The van der Waals surface area contributed by atoms with Gasteiger partial charge in [0.2, 0.25) is 5.78 Å². The molecule has 2 rings (SSSR count). The van der Waals surface area contributed by atoms with E-state index in [1.165, 1.54) is 25.3 Å². The molecule has 1 aromatic heterocycles. The van der Waals surface area contributed by atoms with Crippen LogP contribution in [-0.2, 0) is 6.54 Å². The first-order valence-electron chi connectivity index (χ1n) is 6.06. The third-order valence-electron chi connectivity index (χ3n) is 2.80. The Kier molecular flexibility index (Phi) is 3.94. The molecule has 0 aliphatic rings. The first-order chi connectivity index (χ1) is 9.17. The maximum atomic E-state index is 13.6. The van der Waals surface area contributed by atoms with Crippen molar-refractivity contribution in [1.29, 1.82) is 0 Å². The smallest absolute Gasteiger partial charge is 0.228 e. The maximum absolute atomic E-state index is 13.6. The largest absolute Gasteiger partial charge is 0.494 e. The number of carbonyl (C=O) groups excluding carboxylic acids is 1. The molecule has 19 heavy (non-hydrogen) atoms. The van der Waals surface area contributed by atoms with Crippen LogP contribution in [0.25, 0.3) is 0 Å². The molecule has 0 aliphatic heterocycles. The molecule has 0 radical (unpaired) electrons. The number of ketones is 1. The van der Waals surface area contributed by atoms with E-state index in [0.717, 1.165) is 6.42 Å². The lowest BCUT2D eigenvalue weighted by atomic mass is 10.1. The third kappa shape index (κ3) is 2.65. The van der Waals surface area contributed by atoms with Gasteiger partial charge in [-0.25, -0.2) is 9.37 Å². The molecule has 0 N–H and O–H groups in total. The number of methoxy groups -OCH3 is 1. The van der Waals surface area contributed by atoms with Gasteiger partial charge < -0.3 is 9.30 Å². The van der Waals surface area contributed by atoms with Gasteiger partial charge in [0, 0.05) is 24.5 Å². The fourth-order valence-corrected chi connectivity index (χ4v) is 1.88. The summed E-state index contributed by atoms with van der Waals surface area (Å²) in [5.74, 6) is -0.401. The van der Waals surface area contributed by atoms with Crippen LogP contribution in [0.3, 0.4) is 0 Å². The number of hydrogen-bond acceptors (Lipinski definition) is 3. The lowest BCUT2D eigenvalue weighted by molar-refractivity contribution is 0.102. The molecule has 1 heterocycles. The number of rotatable bonds is 5. The average molecular weight is 262 g/mol. The van der Waals surface area contributed by atoms with Gasteiger partial charge in [0.1, 0.15) is 0 Å². The Balaban J connectivity index is 2.33. The van der Waals surface area contributed by atoms with Gasteiger partial charge in [-0.05, 0) is 24.6 Å². The van der Waals surface area contributed by atoms with Gasteiger partial charge in [0.25, 0.3) is 0 Å². The zero-order valence-corrected chi connectivity index (χ0v) is 10.9. The molecule has 0 saturated carbocycles. The minimum absolute atomic E-state index is 0.119. The van der Waals surface area contributed by atoms with Crippen LogP contribution in [0.5, 0.6) is 5.75 Å². The van der Waals surface area contributed by atoms with Gasteiger partial charge in [-0.2, -0.15) is 0 Å². The highest BCUT2D eigenvalue weighted by molar-refractivity contribution is 6.06. The zero-order valence-electron chi connectivity index (χ0n) is 10.9. The number of aromatic nitrogens is 2. The minimum atomic E-state index is -0.554. The monoisotopic (exact) mass is 262 g/mol. The molecular weight excluding hydrogens is 247 g/mol. The summed E-state index contributed by atoms with van der Waals surface area (Å²) < 4.78 is 20.2. The Morgan fingerprint density at radius 1 is 1.47 bits per heavy atom. The molecule has 0 aliphatic carbocycles. The van der Waals surface area contributed by atoms with Crippen molar-refractivity contribution in [2.24, 2.45) is 0 Å². The lowest BCUT2D eigenvalue weighted by Gasteiger charge is -2.07. The number of hydrogen-bond donors (Lipinski definition) is 0. The third-order valence-corrected chi connectivity index (χ3v) is 2.80. The van der Waals surface area contributed by atoms with E-state index in [-0.39, 0.29) is 17.1 Å². The Labute approximate surface area is 110 Å². The van der Waals surface area contributed by atoms with Crippen molar-refractivity contribution < 1.29 is 13.9 Å². The Bertz CT molecular complexity index is 593. The molecule has 5 heteroatoms. The minimum Gasteiger partial charge on any atom is -0.494 e. The molecule has 0 atom stereocenters. The molecule has 1 aromatic carbocycles. The van der Waals surface area contributed by atoms with Crippen molar-refractivity contribution in [3.05, 3.63) is 47.8 Å². The quantitative estimate of drug-likeness (QED) is 0.778. The van der Waals surface area contributed by atoms with Crippen LogP contribution in [0.2, 0.25) is 0 Å². The van der Waals surface area contributed by atoms with Crippen molar-refractivity contribution in [1.82, 2.24) is 9.55 Å². The first kappa shape index (κ1) is 13.3. The summed E-state index contributed by atoms with van der Waals surface area (Å²) in [6.45, 7) is 2.72. The molecule has 0 saturated heterocycles. The Morgan fingerprint density at radius 3 is 2.89 bits per heavy atom. The summed E-state index contributed by atoms with van der Waals surface area (Å²) in [6, 6.07) is 4.15. The lowest BCUT2D eigenvalue weighted by Crippen LogP contribution is -2.11. The molecule has 0 amide bonds. The van der Waals surface area contributed by atoms with E-state index in [1.807, 2.05) is 6.92 Å². The number of benzene rings is 1. The second kappa shape index (κ2) is 5.65. The Morgan fingerprint density at radius 2 is 2.26 bits per heavy atom. The van der Waals surface area contributed by atoms with E-state index in [1.54, 1.807) is 17.0 Å². The summed E-state index contributed by atoms with van der Waals surface area (Å²) in [4.78, 5) is 16.3. The van der Waals surface area contributed by atoms with E-state index in [9.17, 15) is 9.18 Å². The SMILES string of the molecule is CCCn1ccnc1C(=O)c1ccc(OC)c(F)c1. The summed E-state index contributed by atoms with van der Waals surface area (Å²) in [6.07, 6.45) is 4.22.